The minimum Gasteiger partial charge on any atom is -0.287 e. The Kier molecular flexibility index (Phi) is 5.59. The van der Waals surface area contributed by atoms with Gasteiger partial charge in [0.05, 0.1) is 15.3 Å². The molecule has 100 valence electrons. The molecule has 1 aromatic heterocycles. The first-order chi connectivity index (χ1) is 9.09. The molecular formula is C12H11ClN2O3S. The third kappa shape index (κ3) is 3.59. The van der Waals surface area contributed by atoms with Gasteiger partial charge in [-0.1, -0.05) is 25.4 Å². The fourth-order valence-corrected chi connectivity index (χ4v) is 2.06. The number of aromatic nitrogens is 1. The van der Waals surface area contributed by atoms with E-state index in [1.807, 2.05) is 13.8 Å². The molecule has 2 aromatic rings. The van der Waals surface area contributed by atoms with Crippen LogP contribution in [0.5, 0.6) is 0 Å². The first-order valence-electron chi connectivity index (χ1n) is 5.46. The fraction of sp³-hybridized carbons (Fsp3) is 0.167. The Labute approximate surface area is 119 Å². The number of hydrogen-bond donors (Lipinski definition) is 0. The predicted molar refractivity (Wildman–Crippen MR) is 75.0 cm³/mol. The van der Waals surface area contributed by atoms with Crippen molar-refractivity contribution in [3.8, 4) is 0 Å². The average molecular weight is 299 g/mol. The molecule has 0 spiro atoms. The number of rotatable bonds is 3. The summed E-state index contributed by atoms with van der Waals surface area (Å²) >= 11 is 6.87. The molecule has 0 amide bonds. The van der Waals surface area contributed by atoms with Crippen molar-refractivity contribution in [2.45, 2.75) is 13.8 Å². The number of thiazole rings is 1. The zero-order chi connectivity index (χ0) is 14.4. The first kappa shape index (κ1) is 15.3. The van der Waals surface area contributed by atoms with Crippen LogP contribution in [0, 0.1) is 10.1 Å². The van der Waals surface area contributed by atoms with E-state index in [9.17, 15) is 14.9 Å². The van der Waals surface area contributed by atoms with Gasteiger partial charge in [-0.05, 0) is 12.1 Å². The minimum absolute atomic E-state index is 0.0215. The molecule has 7 heteroatoms. The van der Waals surface area contributed by atoms with Gasteiger partial charge in [0.1, 0.15) is 5.56 Å². The van der Waals surface area contributed by atoms with Gasteiger partial charge in [0.2, 0.25) is 5.78 Å². The van der Waals surface area contributed by atoms with E-state index in [-0.39, 0.29) is 16.3 Å². The summed E-state index contributed by atoms with van der Waals surface area (Å²) in [5.41, 5.74) is 1.21. The zero-order valence-electron chi connectivity index (χ0n) is 10.3. The molecule has 1 aromatic carbocycles. The Hall–Kier alpha value is -1.79. The molecule has 0 unspecified atom stereocenters. The Morgan fingerprint density at radius 1 is 1.42 bits per heavy atom. The summed E-state index contributed by atoms with van der Waals surface area (Å²) < 4.78 is 0. The Morgan fingerprint density at radius 3 is 2.63 bits per heavy atom. The number of halogens is 1. The van der Waals surface area contributed by atoms with Gasteiger partial charge in [-0.25, -0.2) is 0 Å². The molecule has 0 aliphatic carbocycles. The van der Waals surface area contributed by atoms with Crippen LogP contribution >= 0.6 is 22.9 Å². The molecule has 0 N–H and O–H groups in total. The summed E-state index contributed by atoms with van der Waals surface area (Å²) in [5, 5.41) is 11.1. The number of hydrogen-bond acceptors (Lipinski definition) is 5. The number of nitrogens with zero attached hydrogens (tertiary/aromatic N) is 2. The van der Waals surface area contributed by atoms with Gasteiger partial charge in [-0.2, -0.15) is 0 Å². The lowest BCUT2D eigenvalue weighted by Gasteiger charge is -2.00. The molecule has 0 aliphatic heterocycles. The summed E-state index contributed by atoms with van der Waals surface area (Å²) in [6.07, 6.45) is 1.37. The van der Waals surface area contributed by atoms with Crippen LogP contribution in [-0.4, -0.2) is 15.7 Å². The molecule has 0 fully saturated rings. The largest absolute Gasteiger partial charge is 0.287 e. The normalized spacial score (nSPS) is 9.42. The predicted octanol–water partition coefficient (Wildman–Crippen LogP) is 3.96. The Morgan fingerprint density at radius 2 is 2.11 bits per heavy atom. The highest BCUT2D eigenvalue weighted by Gasteiger charge is 2.22. The molecule has 0 bridgehead atoms. The van der Waals surface area contributed by atoms with Gasteiger partial charge in [0.25, 0.3) is 5.69 Å². The van der Waals surface area contributed by atoms with Gasteiger partial charge in [0, 0.05) is 17.3 Å². The van der Waals surface area contributed by atoms with E-state index in [0.717, 1.165) is 11.3 Å². The third-order valence-corrected chi connectivity index (χ3v) is 3.06. The number of ketones is 1. The number of nitro groups is 1. The molecule has 0 saturated heterocycles. The van der Waals surface area contributed by atoms with Crippen LogP contribution in [0.3, 0.4) is 0 Å². The van der Waals surface area contributed by atoms with E-state index >= 15 is 0 Å². The van der Waals surface area contributed by atoms with Gasteiger partial charge in [-0.3, -0.25) is 19.9 Å². The van der Waals surface area contributed by atoms with E-state index in [1.54, 1.807) is 0 Å². The molecule has 19 heavy (non-hydrogen) atoms. The van der Waals surface area contributed by atoms with Crippen LogP contribution < -0.4 is 0 Å². The number of nitro benzene ring substituents is 1. The lowest BCUT2D eigenvalue weighted by molar-refractivity contribution is -0.385. The van der Waals surface area contributed by atoms with E-state index in [4.69, 9.17) is 11.6 Å². The van der Waals surface area contributed by atoms with Crippen molar-refractivity contribution in [1.29, 1.82) is 0 Å². The number of benzene rings is 1. The highest BCUT2D eigenvalue weighted by molar-refractivity contribution is 7.11. The van der Waals surface area contributed by atoms with Crippen LogP contribution in [0.1, 0.15) is 29.1 Å². The minimum atomic E-state index is -0.607. The smallest absolute Gasteiger partial charge is 0.280 e. The van der Waals surface area contributed by atoms with Gasteiger partial charge in [0.15, 0.2) is 0 Å². The van der Waals surface area contributed by atoms with Crippen molar-refractivity contribution in [3.05, 3.63) is 55.5 Å². The number of carbonyl (C=O) groups excluding carboxylic acids is 1. The lowest BCUT2D eigenvalue weighted by atomic mass is 10.1. The van der Waals surface area contributed by atoms with Crippen molar-refractivity contribution in [2.75, 3.05) is 0 Å². The Balaban J connectivity index is 0.000000861. The van der Waals surface area contributed by atoms with Crippen molar-refractivity contribution >= 4 is 34.4 Å². The summed E-state index contributed by atoms with van der Waals surface area (Å²) in [6.45, 7) is 4.00. The van der Waals surface area contributed by atoms with Gasteiger partial charge < -0.3 is 0 Å². The second kappa shape index (κ2) is 6.96. The third-order valence-electron chi connectivity index (χ3n) is 2.06. The molecular weight excluding hydrogens is 288 g/mol. The summed E-state index contributed by atoms with van der Waals surface area (Å²) in [5.74, 6) is -0.443. The van der Waals surface area contributed by atoms with Crippen LogP contribution in [0.2, 0.25) is 5.02 Å². The summed E-state index contributed by atoms with van der Waals surface area (Å²) in [7, 11) is 0. The lowest BCUT2D eigenvalue weighted by Crippen LogP contribution is -2.03. The fourth-order valence-electron chi connectivity index (χ4n) is 1.31. The van der Waals surface area contributed by atoms with Crippen LogP contribution in [0.15, 0.2) is 29.9 Å². The highest BCUT2D eigenvalue weighted by atomic mass is 35.5. The molecule has 0 aliphatic rings. The molecule has 0 radical (unpaired) electrons. The monoisotopic (exact) mass is 298 g/mol. The molecule has 0 saturated carbocycles. The van der Waals surface area contributed by atoms with Crippen molar-refractivity contribution in [1.82, 2.24) is 4.98 Å². The SMILES string of the molecule is CC.O=C(c1cncs1)c1cc(Cl)ccc1[N+](=O)[O-]. The van der Waals surface area contributed by atoms with Crippen LogP contribution in [0.4, 0.5) is 5.69 Å². The number of carbonyl (C=O) groups is 1. The van der Waals surface area contributed by atoms with E-state index < -0.39 is 10.7 Å². The molecule has 2 rings (SSSR count). The van der Waals surface area contributed by atoms with Crippen LogP contribution in [0.25, 0.3) is 0 Å². The zero-order valence-corrected chi connectivity index (χ0v) is 11.9. The van der Waals surface area contributed by atoms with Crippen molar-refractivity contribution in [3.63, 3.8) is 0 Å². The van der Waals surface area contributed by atoms with Crippen LogP contribution in [-0.2, 0) is 0 Å². The molecule has 1 heterocycles. The van der Waals surface area contributed by atoms with Gasteiger partial charge in [-0.15, -0.1) is 11.3 Å². The standard InChI is InChI=1S/C10H5ClN2O3S.C2H6/c11-6-1-2-8(13(15)16)7(3-6)10(14)9-4-12-5-17-9;1-2/h1-5H;1-2H3. The topological polar surface area (TPSA) is 73.1 Å². The summed E-state index contributed by atoms with van der Waals surface area (Å²) in [4.78, 5) is 26.3. The second-order valence-electron chi connectivity index (χ2n) is 3.11. The van der Waals surface area contributed by atoms with Gasteiger partial charge >= 0.3 is 0 Å². The quantitative estimate of drug-likeness (QED) is 0.488. The molecule has 5 nitrogen and oxygen atoms in total. The maximum absolute atomic E-state index is 12.0. The van der Waals surface area contributed by atoms with E-state index in [2.05, 4.69) is 4.98 Å². The average Bonchev–Trinajstić information content (AvgIpc) is 2.93. The van der Waals surface area contributed by atoms with Crippen molar-refractivity contribution in [2.24, 2.45) is 0 Å². The van der Waals surface area contributed by atoms with Crippen molar-refractivity contribution < 1.29 is 9.72 Å². The highest BCUT2D eigenvalue weighted by Crippen LogP contribution is 2.26. The summed E-state index contributed by atoms with van der Waals surface area (Å²) in [6, 6.07) is 3.89. The maximum atomic E-state index is 12.0. The molecule has 0 atom stereocenters. The Bertz CT molecular complexity index is 585. The second-order valence-corrected chi connectivity index (χ2v) is 4.44. The van der Waals surface area contributed by atoms with E-state index in [0.29, 0.717) is 4.88 Å². The maximum Gasteiger partial charge on any atom is 0.280 e. The van der Waals surface area contributed by atoms with E-state index in [1.165, 1.54) is 29.9 Å². The first-order valence-corrected chi connectivity index (χ1v) is 6.72.